The molecular formula is C31H22F6O2Se2. The third-order valence-corrected chi connectivity index (χ3v) is 12.2. The molecule has 0 saturated carbocycles. The summed E-state index contributed by atoms with van der Waals surface area (Å²) in [4.78, 5) is 0. The molecule has 0 atom stereocenters. The average Bonchev–Trinajstić information content (AvgIpc) is 3.52. The fourth-order valence-electron chi connectivity index (χ4n) is 4.72. The van der Waals surface area contributed by atoms with Crippen LogP contribution in [0, 0.1) is 26.4 Å². The molecule has 1 aliphatic rings. The van der Waals surface area contributed by atoms with Gasteiger partial charge in [-0.25, -0.2) is 0 Å². The topological polar surface area (TPSA) is 18.5 Å². The zero-order chi connectivity index (χ0) is 29.7. The maximum atomic E-state index is 15.5. The molecule has 0 amide bonds. The Morgan fingerprint density at radius 3 is 1.51 bits per heavy atom. The Kier molecular flexibility index (Phi) is 7.63. The zero-order valence-electron chi connectivity index (χ0n) is 22.0. The van der Waals surface area contributed by atoms with Crippen molar-refractivity contribution in [2.45, 2.75) is 38.5 Å². The number of allylic oxidation sites excluding steroid dienone is 2. The van der Waals surface area contributed by atoms with Gasteiger partial charge in [0.25, 0.3) is 0 Å². The molecule has 4 aromatic rings. The molecule has 2 nitrogen and oxygen atoms in total. The van der Waals surface area contributed by atoms with Crippen LogP contribution in [0.1, 0.15) is 26.9 Å². The molecule has 0 N–H and O–H groups in total. The molecule has 0 radical (unpaired) electrons. The van der Waals surface area contributed by atoms with Gasteiger partial charge in [0.1, 0.15) is 0 Å². The van der Waals surface area contributed by atoms with Crippen molar-refractivity contribution >= 4 is 40.2 Å². The van der Waals surface area contributed by atoms with Crippen LogP contribution in [-0.2, 0) is 0 Å². The molecule has 2 aromatic heterocycles. The quantitative estimate of drug-likeness (QED) is 0.111. The summed E-state index contributed by atoms with van der Waals surface area (Å²) >= 11 is -1.86. The Balaban J connectivity index is 1.68. The minimum atomic E-state index is -5.59. The van der Waals surface area contributed by atoms with Crippen molar-refractivity contribution in [3.63, 3.8) is 0 Å². The van der Waals surface area contributed by atoms with Crippen LogP contribution in [0.25, 0.3) is 31.1 Å². The van der Waals surface area contributed by atoms with Gasteiger partial charge in [-0.2, -0.15) is 0 Å². The second-order valence-electron chi connectivity index (χ2n) is 9.42. The van der Waals surface area contributed by atoms with Gasteiger partial charge < -0.3 is 0 Å². The molecule has 212 valence electrons. The summed E-state index contributed by atoms with van der Waals surface area (Å²) in [7, 11) is 0. The van der Waals surface area contributed by atoms with Crippen LogP contribution in [0.2, 0.25) is 0 Å². The maximum absolute atomic E-state index is 15.5. The summed E-state index contributed by atoms with van der Waals surface area (Å²) in [6, 6.07) is 16.6. The van der Waals surface area contributed by atoms with Crippen molar-refractivity contribution in [2.75, 3.05) is 6.61 Å². The fourth-order valence-corrected chi connectivity index (χ4v) is 10.0. The van der Waals surface area contributed by atoms with Crippen molar-refractivity contribution in [3.8, 4) is 44.0 Å². The first-order chi connectivity index (χ1) is 19.3. The number of hydrogen-bond donors (Lipinski definition) is 0. The molecule has 0 unspecified atom stereocenters. The van der Waals surface area contributed by atoms with E-state index in [2.05, 4.69) is 0 Å². The van der Waals surface area contributed by atoms with E-state index in [-0.39, 0.29) is 20.0 Å². The molecule has 5 rings (SSSR count). The SMILES string of the molecule is C#COc1ccc(-c2cc(C)c(C3=C(c4[se]c(-c5ccc(OCC)cc5)cc4C)C(F)(F)C(F)(F)C3(F)F)[se]2)cc1. The first-order valence-electron chi connectivity index (χ1n) is 12.4. The second kappa shape index (κ2) is 10.6. The summed E-state index contributed by atoms with van der Waals surface area (Å²) in [6.07, 6.45) is 7.17. The molecule has 0 spiro atoms. The van der Waals surface area contributed by atoms with Crippen LogP contribution in [0.4, 0.5) is 26.3 Å². The molecule has 41 heavy (non-hydrogen) atoms. The standard InChI is InChI=1S/C31H22F6O2Se2/c1-5-38-21-11-7-19(8-12-21)23-15-17(3)27(40-23)25-26(30(34,35)31(36,37)29(25,32)33)28-18(4)16-24(41-28)20-9-13-22(14-10-20)39-6-2/h1,7-16H,6H2,2-4H3. The van der Waals surface area contributed by atoms with E-state index < -0.39 is 57.9 Å². The zero-order valence-corrected chi connectivity index (χ0v) is 25.4. The van der Waals surface area contributed by atoms with Gasteiger partial charge in [0.2, 0.25) is 0 Å². The van der Waals surface area contributed by atoms with Gasteiger partial charge >= 0.3 is 246 Å². The molecule has 0 saturated heterocycles. The summed E-state index contributed by atoms with van der Waals surface area (Å²) in [5.41, 5.74) is -0.646. The van der Waals surface area contributed by atoms with Crippen LogP contribution in [0.5, 0.6) is 11.5 Å². The number of hydrogen-bond acceptors (Lipinski definition) is 2. The van der Waals surface area contributed by atoms with E-state index >= 15 is 17.6 Å². The molecule has 0 fully saturated rings. The molecule has 2 aromatic carbocycles. The van der Waals surface area contributed by atoms with Gasteiger partial charge in [0, 0.05) is 0 Å². The molecule has 0 aliphatic heterocycles. The normalized spacial score (nSPS) is 17.0. The van der Waals surface area contributed by atoms with Gasteiger partial charge in [-0.15, -0.1) is 0 Å². The molecule has 2 heterocycles. The van der Waals surface area contributed by atoms with Crippen LogP contribution in [-0.4, -0.2) is 53.4 Å². The molecular weight excluding hydrogens is 676 g/mol. The van der Waals surface area contributed by atoms with Gasteiger partial charge in [-0.1, -0.05) is 0 Å². The van der Waals surface area contributed by atoms with Crippen molar-refractivity contribution in [2.24, 2.45) is 0 Å². The number of rotatable bonds is 7. The monoisotopic (exact) mass is 700 g/mol. The van der Waals surface area contributed by atoms with E-state index in [1.165, 1.54) is 13.8 Å². The van der Waals surface area contributed by atoms with Crippen LogP contribution in [0.15, 0.2) is 60.7 Å². The van der Waals surface area contributed by atoms with E-state index in [0.717, 1.165) is 0 Å². The predicted octanol–water partition coefficient (Wildman–Crippen LogP) is 7.95. The van der Waals surface area contributed by atoms with E-state index in [1.54, 1.807) is 60.7 Å². The first-order valence-corrected chi connectivity index (χ1v) is 15.8. The summed E-state index contributed by atoms with van der Waals surface area (Å²) in [5.74, 6) is -14.7. The molecule has 0 bridgehead atoms. The third-order valence-electron chi connectivity index (χ3n) is 6.72. The van der Waals surface area contributed by atoms with Crippen LogP contribution >= 0.6 is 0 Å². The van der Waals surface area contributed by atoms with Gasteiger partial charge in [-0.3, -0.25) is 0 Å². The van der Waals surface area contributed by atoms with E-state index in [4.69, 9.17) is 15.9 Å². The van der Waals surface area contributed by atoms with Crippen LogP contribution in [0.3, 0.4) is 0 Å². The first kappa shape index (κ1) is 29.4. The van der Waals surface area contributed by atoms with E-state index in [9.17, 15) is 8.78 Å². The van der Waals surface area contributed by atoms with E-state index in [1.807, 2.05) is 13.0 Å². The Morgan fingerprint density at radius 1 is 0.707 bits per heavy atom. The number of halogens is 6. The summed E-state index contributed by atoms with van der Waals surface area (Å²) in [6.45, 7) is 5.28. The Hall–Kier alpha value is -3.08. The summed E-state index contributed by atoms with van der Waals surface area (Å²) < 4.78 is 103. The van der Waals surface area contributed by atoms with Gasteiger partial charge in [0.15, 0.2) is 0 Å². The van der Waals surface area contributed by atoms with Crippen molar-refractivity contribution < 1.29 is 35.8 Å². The number of terminal acetylenes is 1. The fraction of sp³-hybridized carbons (Fsp3) is 0.226. The van der Waals surface area contributed by atoms with E-state index in [0.29, 0.717) is 38.1 Å². The Morgan fingerprint density at radius 2 is 1.12 bits per heavy atom. The van der Waals surface area contributed by atoms with Gasteiger partial charge in [0.05, 0.1) is 0 Å². The Bertz CT molecular complexity index is 1670. The number of ether oxygens (including phenoxy) is 2. The second-order valence-corrected chi connectivity index (χ2v) is 13.8. The van der Waals surface area contributed by atoms with Crippen molar-refractivity contribution in [1.82, 2.24) is 0 Å². The summed E-state index contributed by atoms with van der Waals surface area (Å²) in [5, 5.41) is 0. The Labute approximate surface area is 245 Å². The number of benzene rings is 2. The molecule has 1 aliphatic carbocycles. The van der Waals surface area contributed by atoms with Crippen LogP contribution < -0.4 is 9.47 Å². The number of alkyl halides is 6. The third kappa shape index (κ3) is 4.79. The average molecular weight is 698 g/mol. The predicted molar refractivity (Wildman–Crippen MR) is 149 cm³/mol. The minimum absolute atomic E-state index is 0.140. The molecule has 10 heteroatoms. The number of aryl methyl sites for hydroxylation is 2. The van der Waals surface area contributed by atoms with Crippen molar-refractivity contribution in [1.29, 1.82) is 0 Å². The van der Waals surface area contributed by atoms with Gasteiger partial charge in [-0.05, 0) is 0 Å². The van der Waals surface area contributed by atoms with Crippen molar-refractivity contribution in [3.05, 3.63) is 80.7 Å².